The molecule has 5 nitrogen and oxygen atoms in total. The van der Waals surface area contributed by atoms with Crippen LogP contribution < -0.4 is 5.32 Å². The summed E-state index contributed by atoms with van der Waals surface area (Å²) in [5, 5.41) is 4.20. The highest BCUT2D eigenvalue weighted by molar-refractivity contribution is 5.87. The lowest BCUT2D eigenvalue weighted by atomic mass is 10.0. The van der Waals surface area contributed by atoms with Crippen LogP contribution in [0.4, 0.5) is 0 Å². The summed E-state index contributed by atoms with van der Waals surface area (Å²) in [6, 6.07) is 10.3. The minimum Gasteiger partial charge on any atom is -0.379 e. The molecule has 2 heterocycles. The van der Waals surface area contributed by atoms with Crippen LogP contribution in [0.1, 0.15) is 19.4 Å². The van der Waals surface area contributed by atoms with E-state index in [0.717, 1.165) is 42.8 Å². The number of carbonyl (C=O) groups is 1. The van der Waals surface area contributed by atoms with Crippen LogP contribution in [0, 0.1) is 5.92 Å². The predicted molar refractivity (Wildman–Crippen MR) is 99.5 cm³/mol. The Bertz CT molecular complexity index is 706. The summed E-state index contributed by atoms with van der Waals surface area (Å²) in [6.45, 7) is 8.52. The number of hydrogen-bond acceptors (Lipinski definition) is 4. The van der Waals surface area contributed by atoms with Crippen LogP contribution in [0.25, 0.3) is 10.9 Å². The molecule has 25 heavy (non-hydrogen) atoms. The van der Waals surface area contributed by atoms with Gasteiger partial charge in [0, 0.05) is 37.3 Å². The number of hydrogen-bond donors (Lipinski definition) is 1. The van der Waals surface area contributed by atoms with Crippen molar-refractivity contribution in [3.05, 3.63) is 42.1 Å². The first-order valence-electron chi connectivity index (χ1n) is 9.06. The fourth-order valence-electron chi connectivity index (χ4n) is 3.46. The number of fused-ring (bicyclic) bond motifs is 1. The first-order chi connectivity index (χ1) is 12.1. The molecular weight excluding hydrogens is 314 g/mol. The molecule has 1 atom stereocenters. The molecule has 0 radical (unpaired) electrons. The van der Waals surface area contributed by atoms with E-state index in [9.17, 15) is 4.79 Å². The summed E-state index contributed by atoms with van der Waals surface area (Å²) in [7, 11) is 0. The highest BCUT2D eigenvalue weighted by atomic mass is 16.5. The molecule has 1 aromatic heterocycles. The Labute approximate surface area is 149 Å². The smallest absolute Gasteiger partial charge is 0.224 e. The second-order valence-corrected chi connectivity index (χ2v) is 6.93. The molecule has 3 rings (SSSR count). The molecule has 0 bridgehead atoms. The van der Waals surface area contributed by atoms with E-state index in [1.807, 2.05) is 30.3 Å². The predicted octanol–water partition coefficient (Wildman–Crippen LogP) is 2.25. The molecule has 1 aromatic carbocycles. The van der Waals surface area contributed by atoms with Crippen LogP contribution in [0.15, 0.2) is 36.5 Å². The zero-order valence-electron chi connectivity index (χ0n) is 15.1. The highest BCUT2D eigenvalue weighted by Gasteiger charge is 2.24. The fraction of sp³-hybridized carbons (Fsp3) is 0.500. The summed E-state index contributed by atoms with van der Waals surface area (Å²) >= 11 is 0. The van der Waals surface area contributed by atoms with Crippen LogP contribution in [0.5, 0.6) is 0 Å². The number of aromatic nitrogens is 1. The van der Waals surface area contributed by atoms with Crippen LogP contribution >= 0.6 is 0 Å². The van der Waals surface area contributed by atoms with Crippen molar-refractivity contribution >= 4 is 16.8 Å². The van der Waals surface area contributed by atoms with Gasteiger partial charge in [0.25, 0.3) is 0 Å². The number of rotatable bonds is 6. The number of amides is 1. The first-order valence-corrected chi connectivity index (χ1v) is 9.06. The number of para-hydroxylation sites is 1. The van der Waals surface area contributed by atoms with Crippen molar-refractivity contribution in [2.45, 2.75) is 26.3 Å². The molecule has 2 aromatic rings. The third kappa shape index (κ3) is 4.55. The Morgan fingerprint density at radius 3 is 2.76 bits per heavy atom. The molecule has 1 amide bonds. The van der Waals surface area contributed by atoms with Gasteiger partial charge in [-0.2, -0.15) is 0 Å². The van der Waals surface area contributed by atoms with Gasteiger partial charge in [-0.1, -0.05) is 38.1 Å². The van der Waals surface area contributed by atoms with E-state index in [1.165, 1.54) is 0 Å². The molecule has 1 unspecified atom stereocenters. The average molecular weight is 341 g/mol. The average Bonchev–Trinajstić information content (AvgIpc) is 2.63. The maximum Gasteiger partial charge on any atom is 0.224 e. The molecule has 1 aliphatic rings. The van der Waals surface area contributed by atoms with Crippen LogP contribution in [-0.2, 0) is 16.0 Å². The molecule has 134 valence electrons. The Morgan fingerprint density at radius 1 is 1.24 bits per heavy atom. The van der Waals surface area contributed by atoms with E-state index in [-0.39, 0.29) is 5.91 Å². The topological polar surface area (TPSA) is 54.5 Å². The molecule has 1 saturated heterocycles. The van der Waals surface area contributed by atoms with Gasteiger partial charge in [0.05, 0.1) is 25.2 Å². The van der Waals surface area contributed by atoms with E-state index < -0.39 is 0 Å². The van der Waals surface area contributed by atoms with E-state index in [1.54, 1.807) is 6.20 Å². The second kappa shape index (κ2) is 8.41. The van der Waals surface area contributed by atoms with Crippen LogP contribution in [0.2, 0.25) is 0 Å². The van der Waals surface area contributed by atoms with Crippen molar-refractivity contribution < 1.29 is 9.53 Å². The number of pyridine rings is 1. The number of benzene rings is 1. The SMILES string of the molecule is CC(C)C(CNC(=O)Cc1cccc2cccnc12)N1CCOCC1. The Balaban J connectivity index is 1.61. The minimum absolute atomic E-state index is 0.0528. The van der Waals surface area contributed by atoms with Gasteiger partial charge in [0.1, 0.15) is 0 Å². The van der Waals surface area contributed by atoms with Crippen molar-refractivity contribution in [3.63, 3.8) is 0 Å². The molecule has 1 N–H and O–H groups in total. The second-order valence-electron chi connectivity index (χ2n) is 6.93. The normalized spacial score (nSPS) is 16.9. The van der Waals surface area contributed by atoms with Gasteiger partial charge in [0.15, 0.2) is 0 Å². The van der Waals surface area contributed by atoms with E-state index in [2.05, 4.69) is 29.0 Å². The lowest BCUT2D eigenvalue weighted by Crippen LogP contribution is -2.51. The van der Waals surface area contributed by atoms with Gasteiger partial charge < -0.3 is 10.1 Å². The summed E-state index contributed by atoms with van der Waals surface area (Å²) in [5.74, 6) is 0.537. The van der Waals surface area contributed by atoms with Gasteiger partial charge in [-0.05, 0) is 17.5 Å². The Kier molecular flexibility index (Phi) is 6.00. The number of ether oxygens (including phenoxy) is 1. The van der Waals surface area contributed by atoms with Crippen molar-refractivity contribution in [1.82, 2.24) is 15.2 Å². The van der Waals surface area contributed by atoms with Gasteiger partial charge in [-0.25, -0.2) is 0 Å². The zero-order chi connectivity index (χ0) is 17.6. The van der Waals surface area contributed by atoms with Gasteiger partial charge in [-0.3, -0.25) is 14.7 Å². The largest absolute Gasteiger partial charge is 0.379 e. The van der Waals surface area contributed by atoms with E-state index in [4.69, 9.17) is 4.74 Å². The quantitative estimate of drug-likeness (QED) is 0.876. The fourth-order valence-corrected chi connectivity index (χ4v) is 3.46. The lowest BCUT2D eigenvalue weighted by Gasteiger charge is -2.36. The Hall–Kier alpha value is -1.98. The summed E-state index contributed by atoms with van der Waals surface area (Å²) in [6.07, 6.45) is 2.14. The monoisotopic (exact) mass is 341 g/mol. The van der Waals surface area contributed by atoms with Crippen molar-refractivity contribution in [2.24, 2.45) is 5.92 Å². The van der Waals surface area contributed by atoms with E-state index >= 15 is 0 Å². The first kappa shape index (κ1) is 17.8. The summed E-state index contributed by atoms with van der Waals surface area (Å²) in [5.41, 5.74) is 1.89. The number of morpholine rings is 1. The Morgan fingerprint density at radius 2 is 2.00 bits per heavy atom. The highest BCUT2D eigenvalue weighted by Crippen LogP contribution is 2.17. The molecule has 0 saturated carbocycles. The van der Waals surface area contributed by atoms with Gasteiger partial charge >= 0.3 is 0 Å². The molecule has 1 aliphatic heterocycles. The maximum absolute atomic E-state index is 12.5. The van der Waals surface area contributed by atoms with Crippen molar-refractivity contribution in [2.75, 3.05) is 32.8 Å². The summed E-state index contributed by atoms with van der Waals surface area (Å²) in [4.78, 5) is 19.3. The third-order valence-corrected chi connectivity index (χ3v) is 4.86. The number of carbonyl (C=O) groups excluding carboxylic acids is 1. The maximum atomic E-state index is 12.5. The standard InChI is InChI=1S/C20H27N3O2/c1-15(2)18(23-9-11-25-12-10-23)14-22-19(24)13-17-6-3-5-16-7-4-8-21-20(16)17/h3-8,15,18H,9-14H2,1-2H3,(H,22,24). The van der Waals surface area contributed by atoms with E-state index in [0.29, 0.717) is 24.9 Å². The minimum atomic E-state index is 0.0528. The zero-order valence-corrected chi connectivity index (χ0v) is 15.1. The third-order valence-electron chi connectivity index (χ3n) is 4.86. The number of nitrogens with one attached hydrogen (secondary N) is 1. The molecule has 1 fully saturated rings. The van der Waals surface area contributed by atoms with Crippen LogP contribution in [-0.4, -0.2) is 54.7 Å². The summed E-state index contributed by atoms with van der Waals surface area (Å²) < 4.78 is 5.44. The lowest BCUT2D eigenvalue weighted by molar-refractivity contribution is -0.120. The van der Waals surface area contributed by atoms with Crippen molar-refractivity contribution in [1.29, 1.82) is 0 Å². The van der Waals surface area contributed by atoms with Crippen molar-refractivity contribution in [3.8, 4) is 0 Å². The van der Waals surface area contributed by atoms with Crippen LogP contribution in [0.3, 0.4) is 0 Å². The molecule has 0 aliphatic carbocycles. The molecular formula is C20H27N3O2. The molecule has 5 heteroatoms. The van der Waals surface area contributed by atoms with Gasteiger partial charge in [0.2, 0.25) is 5.91 Å². The number of nitrogens with zero attached hydrogens (tertiary/aromatic N) is 2. The molecule has 0 spiro atoms. The van der Waals surface area contributed by atoms with Gasteiger partial charge in [-0.15, -0.1) is 0 Å².